The van der Waals surface area contributed by atoms with Gasteiger partial charge in [0.05, 0.1) is 6.04 Å². The van der Waals surface area contributed by atoms with Crippen LogP contribution >= 0.6 is 11.8 Å². The van der Waals surface area contributed by atoms with Crippen molar-refractivity contribution >= 4 is 17.7 Å². The summed E-state index contributed by atoms with van der Waals surface area (Å²) in [5.74, 6) is 0.936. The third-order valence-electron chi connectivity index (χ3n) is 3.85. The van der Waals surface area contributed by atoms with Gasteiger partial charge in [-0.05, 0) is 23.6 Å². The van der Waals surface area contributed by atoms with Crippen molar-refractivity contribution in [1.29, 1.82) is 0 Å². The van der Waals surface area contributed by atoms with Crippen molar-refractivity contribution in [2.45, 2.75) is 23.5 Å². The van der Waals surface area contributed by atoms with Gasteiger partial charge in [-0.25, -0.2) is 0 Å². The zero-order valence-electron chi connectivity index (χ0n) is 12.5. The van der Waals surface area contributed by atoms with Crippen LogP contribution in [0.15, 0.2) is 59.5 Å². The molecule has 1 aliphatic rings. The second-order valence-corrected chi connectivity index (χ2v) is 6.40. The number of benzene rings is 2. The largest absolute Gasteiger partial charge is 0.367 e. The molecule has 2 aromatic carbocycles. The van der Waals surface area contributed by atoms with E-state index in [1.54, 1.807) is 7.11 Å². The molecule has 3 nitrogen and oxygen atoms in total. The summed E-state index contributed by atoms with van der Waals surface area (Å²) in [5, 5.41) is 3.15. The minimum atomic E-state index is -0.567. The molecule has 1 unspecified atom stereocenters. The van der Waals surface area contributed by atoms with Crippen molar-refractivity contribution in [1.82, 2.24) is 5.32 Å². The van der Waals surface area contributed by atoms with E-state index in [4.69, 9.17) is 4.74 Å². The molecule has 4 heteroatoms. The lowest BCUT2D eigenvalue weighted by Crippen LogP contribution is -2.35. The smallest absolute Gasteiger partial charge is 0.254 e. The van der Waals surface area contributed by atoms with Crippen LogP contribution in [-0.2, 0) is 9.53 Å². The van der Waals surface area contributed by atoms with Gasteiger partial charge < -0.3 is 10.1 Å². The fraction of sp³-hybridized carbons (Fsp3) is 0.278. The average Bonchev–Trinajstić information content (AvgIpc) is 2.57. The molecule has 0 fully saturated rings. The second-order valence-electron chi connectivity index (χ2n) is 5.26. The fourth-order valence-electron chi connectivity index (χ4n) is 2.76. The number of methoxy groups -OCH3 is 1. The summed E-state index contributed by atoms with van der Waals surface area (Å²) in [4.78, 5) is 13.9. The van der Waals surface area contributed by atoms with Crippen LogP contribution in [-0.4, -0.2) is 18.8 Å². The molecule has 0 spiro atoms. The van der Waals surface area contributed by atoms with E-state index >= 15 is 0 Å². The first-order chi connectivity index (χ1) is 10.8. The van der Waals surface area contributed by atoms with Crippen molar-refractivity contribution in [3.63, 3.8) is 0 Å². The standard InChI is InChI=1S/C18H19NO2S/c1-21-17(13-7-3-2-4-8-13)18(20)19-15-11-12-22-16-10-6-5-9-14(15)16/h2-10,15,17H,11-12H2,1H3,(H,19,20)/t15?,17-/m1/s1. The number of rotatable bonds is 4. The number of ether oxygens (including phenoxy) is 1. The van der Waals surface area contributed by atoms with E-state index in [0.717, 1.165) is 17.7 Å². The summed E-state index contributed by atoms with van der Waals surface area (Å²) < 4.78 is 5.41. The molecule has 3 rings (SSSR count). The molecule has 2 atom stereocenters. The first-order valence-corrected chi connectivity index (χ1v) is 8.38. The zero-order chi connectivity index (χ0) is 15.4. The lowest BCUT2D eigenvalue weighted by Gasteiger charge is -2.27. The molecule has 1 N–H and O–H groups in total. The average molecular weight is 313 g/mol. The van der Waals surface area contributed by atoms with Crippen LogP contribution < -0.4 is 5.32 Å². The Morgan fingerprint density at radius 1 is 1.18 bits per heavy atom. The number of fused-ring (bicyclic) bond motifs is 1. The minimum Gasteiger partial charge on any atom is -0.367 e. The predicted molar refractivity (Wildman–Crippen MR) is 88.9 cm³/mol. The van der Waals surface area contributed by atoms with Crippen molar-refractivity contribution in [3.05, 3.63) is 65.7 Å². The summed E-state index contributed by atoms with van der Waals surface area (Å²) in [6.45, 7) is 0. The maximum Gasteiger partial charge on any atom is 0.254 e. The summed E-state index contributed by atoms with van der Waals surface area (Å²) in [6.07, 6.45) is 0.376. The molecule has 1 heterocycles. The molecular formula is C18H19NO2S. The Labute approximate surface area is 135 Å². The van der Waals surface area contributed by atoms with Crippen LogP contribution in [0.25, 0.3) is 0 Å². The van der Waals surface area contributed by atoms with E-state index in [-0.39, 0.29) is 11.9 Å². The van der Waals surface area contributed by atoms with Gasteiger partial charge in [0, 0.05) is 17.8 Å². The molecule has 2 aromatic rings. The van der Waals surface area contributed by atoms with Gasteiger partial charge in [-0.3, -0.25) is 4.79 Å². The molecule has 1 amide bonds. The van der Waals surface area contributed by atoms with Crippen molar-refractivity contribution in [2.75, 3.05) is 12.9 Å². The van der Waals surface area contributed by atoms with Gasteiger partial charge in [0.1, 0.15) is 0 Å². The number of nitrogens with one attached hydrogen (secondary N) is 1. The minimum absolute atomic E-state index is 0.0614. The Balaban J connectivity index is 1.77. The number of thioether (sulfide) groups is 1. The normalized spacial score (nSPS) is 18.3. The number of amides is 1. The number of hydrogen-bond donors (Lipinski definition) is 1. The van der Waals surface area contributed by atoms with E-state index in [1.165, 1.54) is 10.5 Å². The molecule has 1 aliphatic heterocycles. The predicted octanol–water partition coefficient (Wildman–Crippen LogP) is 3.73. The highest BCUT2D eigenvalue weighted by Crippen LogP contribution is 2.36. The number of hydrogen-bond acceptors (Lipinski definition) is 3. The van der Waals surface area contributed by atoms with Gasteiger partial charge in [0.2, 0.25) is 0 Å². The van der Waals surface area contributed by atoms with E-state index in [2.05, 4.69) is 17.4 Å². The summed E-state index contributed by atoms with van der Waals surface area (Å²) >= 11 is 1.85. The van der Waals surface area contributed by atoms with Crippen LogP contribution in [0.1, 0.15) is 29.7 Å². The molecule has 0 saturated heterocycles. The molecule has 0 aliphatic carbocycles. The molecule has 0 bridgehead atoms. The van der Waals surface area contributed by atoms with Gasteiger partial charge >= 0.3 is 0 Å². The summed E-state index contributed by atoms with van der Waals surface area (Å²) in [7, 11) is 1.57. The first-order valence-electron chi connectivity index (χ1n) is 7.39. The Morgan fingerprint density at radius 2 is 1.91 bits per heavy atom. The van der Waals surface area contributed by atoms with E-state index in [0.29, 0.717) is 0 Å². The highest BCUT2D eigenvalue weighted by Gasteiger charge is 2.26. The molecule has 0 saturated carbocycles. The van der Waals surface area contributed by atoms with E-state index < -0.39 is 6.10 Å². The maximum absolute atomic E-state index is 12.6. The van der Waals surface area contributed by atoms with Gasteiger partial charge in [0.25, 0.3) is 5.91 Å². The molecule has 0 aromatic heterocycles. The van der Waals surface area contributed by atoms with Crippen molar-refractivity contribution in [3.8, 4) is 0 Å². The lowest BCUT2D eigenvalue weighted by atomic mass is 10.0. The first kappa shape index (κ1) is 15.1. The van der Waals surface area contributed by atoms with E-state index in [9.17, 15) is 4.79 Å². The summed E-state index contributed by atoms with van der Waals surface area (Å²) in [6, 6.07) is 17.9. The van der Waals surface area contributed by atoms with Crippen LogP contribution in [0.3, 0.4) is 0 Å². The lowest BCUT2D eigenvalue weighted by molar-refractivity contribution is -0.132. The highest BCUT2D eigenvalue weighted by molar-refractivity contribution is 7.99. The molecule has 22 heavy (non-hydrogen) atoms. The van der Waals surface area contributed by atoms with Gasteiger partial charge in [-0.15, -0.1) is 11.8 Å². The van der Waals surface area contributed by atoms with E-state index in [1.807, 2.05) is 54.2 Å². The van der Waals surface area contributed by atoms with Gasteiger partial charge in [-0.2, -0.15) is 0 Å². The van der Waals surface area contributed by atoms with Gasteiger partial charge in [-0.1, -0.05) is 48.5 Å². The second kappa shape index (κ2) is 6.99. The Hall–Kier alpha value is -1.78. The van der Waals surface area contributed by atoms with Crippen molar-refractivity contribution in [2.24, 2.45) is 0 Å². The highest BCUT2D eigenvalue weighted by atomic mass is 32.2. The van der Waals surface area contributed by atoms with Crippen LogP contribution in [0.2, 0.25) is 0 Å². The third-order valence-corrected chi connectivity index (χ3v) is 4.97. The number of carbonyl (C=O) groups is 1. The zero-order valence-corrected chi connectivity index (χ0v) is 13.3. The maximum atomic E-state index is 12.6. The molecule has 114 valence electrons. The topological polar surface area (TPSA) is 38.3 Å². The fourth-order valence-corrected chi connectivity index (χ4v) is 3.89. The van der Waals surface area contributed by atoms with Crippen molar-refractivity contribution < 1.29 is 9.53 Å². The molecule has 0 radical (unpaired) electrons. The van der Waals surface area contributed by atoms with Crippen LogP contribution in [0, 0.1) is 0 Å². The van der Waals surface area contributed by atoms with Gasteiger partial charge in [0.15, 0.2) is 6.10 Å². The summed E-state index contributed by atoms with van der Waals surface area (Å²) in [5.41, 5.74) is 2.08. The Bertz CT molecular complexity index is 645. The Kier molecular flexibility index (Phi) is 4.80. The quantitative estimate of drug-likeness (QED) is 0.935. The van der Waals surface area contributed by atoms with Crippen LogP contribution in [0.5, 0.6) is 0 Å². The molecular weight excluding hydrogens is 294 g/mol. The monoisotopic (exact) mass is 313 g/mol. The van der Waals surface area contributed by atoms with Crippen LogP contribution in [0.4, 0.5) is 0 Å². The SMILES string of the molecule is CO[C@@H](C(=O)NC1CCSc2ccccc21)c1ccccc1. The number of carbonyl (C=O) groups excluding carboxylic acids is 1. The third kappa shape index (κ3) is 3.18. The Morgan fingerprint density at radius 3 is 2.68 bits per heavy atom.